The van der Waals surface area contributed by atoms with Crippen LogP contribution in [0.15, 0.2) is 65.1 Å². The highest BCUT2D eigenvalue weighted by Crippen LogP contribution is 2.39. The number of piperidine rings is 1. The van der Waals surface area contributed by atoms with Gasteiger partial charge in [-0.15, -0.1) is 0 Å². The van der Waals surface area contributed by atoms with Gasteiger partial charge in [0.25, 0.3) is 11.7 Å². The number of amides is 1. The number of hydrogen-bond donors (Lipinski definition) is 1. The van der Waals surface area contributed by atoms with E-state index in [1.54, 1.807) is 19.2 Å². The van der Waals surface area contributed by atoms with Crippen LogP contribution in [0.3, 0.4) is 0 Å². The summed E-state index contributed by atoms with van der Waals surface area (Å²) in [6.45, 7) is 1.71. The van der Waals surface area contributed by atoms with Crippen molar-refractivity contribution >= 4 is 27.5 Å². The zero-order valence-corrected chi connectivity index (χ0v) is 20.5. The van der Waals surface area contributed by atoms with Crippen molar-refractivity contribution in [2.24, 2.45) is 0 Å². The largest absolute Gasteiger partial charge is 0.507 e. The fraction of sp³-hybridized carbons (Fsp3) is 0.385. The van der Waals surface area contributed by atoms with Crippen LogP contribution in [0.5, 0.6) is 0 Å². The van der Waals surface area contributed by atoms with E-state index in [4.69, 9.17) is 4.74 Å². The topological polar surface area (TPSA) is 104 Å². The third-order valence-corrected chi connectivity index (χ3v) is 8.40. The number of carbonyl (C=O) groups excluding carboxylic acids is 2. The van der Waals surface area contributed by atoms with Crippen molar-refractivity contribution in [3.05, 3.63) is 71.3 Å². The molecule has 0 radical (unpaired) electrons. The van der Waals surface area contributed by atoms with Crippen molar-refractivity contribution in [3.8, 4) is 0 Å². The monoisotopic (exact) mass is 498 g/mol. The van der Waals surface area contributed by atoms with E-state index < -0.39 is 27.8 Å². The number of nitrogens with zero attached hydrogens (tertiary/aromatic N) is 2. The summed E-state index contributed by atoms with van der Waals surface area (Å²) in [5.41, 5.74) is 0.971. The van der Waals surface area contributed by atoms with Crippen molar-refractivity contribution in [3.63, 3.8) is 0 Å². The van der Waals surface area contributed by atoms with Crippen LogP contribution in [0, 0.1) is 0 Å². The summed E-state index contributed by atoms with van der Waals surface area (Å²) in [7, 11) is -2.06. The van der Waals surface area contributed by atoms with Gasteiger partial charge in [-0.1, -0.05) is 36.8 Å². The van der Waals surface area contributed by atoms with Crippen molar-refractivity contribution in [2.75, 3.05) is 33.4 Å². The Balaban J connectivity index is 1.70. The summed E-state index contributed by atoms with van der Waals surface area (Å²) < 4.78 is 32.5. The lowest BCUT2D eigenvalue weighted by atomic mass is 9.95. The van der Waals surface area contributed by atoms with Gasteiger partial charge in [0.2, 0.25) is 10.0 Å². The minimum atomic E-state index is -3.62. The number of sulfonamides is 1. The molecule has 2 fully saturated rings. The number of carbonyl (C=O) groups is 2. The third-order valence-electron chi connectivity index (χ3n) is 6.48. The molecule has 1 N–H and O–H groups in total. The first kappa shape index (κ1) is 25.1. The maximum absolute atomic E-state index is 13.0. The van der Waals surface area contributed by atoms with E-state index in [0.717, 1.165) is 19.3 Å². The van der Waals surface area contributed by atoms with Gasteiger partial charge >= 0.3 is 0 Å². The maximum Gasteiger partial charge on any atom is 0.295 e. The Hall–Kier alpha value is -3.01. The predicted octanol–water partition coefficient (Wildman–Crippen LogP) is 3.32. The second-order valence-corrected chi connectivity index (χ2v) is 10.7. The molecule has 0 bridgehead atoms. The number of aliphatic hydroxyl groups excluding tert-OH is 1. The molecule has 35 heavy (non-hydrogen) atoms. The SMILES string of the molecule is COCCCN1C(=O)C(=O)C(=C(O)c2ccc(S(=O)(=O)N3CCCCC3)cc2)[C@H]1c1ccccc1. The third kappa shape index (κ3) is 5.03. The number of benzene rings is 2. The Labute approximate surface area is 205 Å². The average molecular weight is 499 g/mol. The standard InChI is InChI=1S/C26H30N2O6S/c1-34-18-8-17-28-23(19-9-4-2-5-10-19)22(25(30)26(28)31)24(29)20-11-13-21(14-12-20)35(32,33)27-15-6-3-7-16-27/h2,4-5,9-14,23,29H,3,6-8,15-18H2,1H3/t23-/m1/s1. The zero-order chi connectivity index (χ0) is 25.0. The van der Waals surface area contributed by atoms with Crippen LogP contribution in [-0.2, 0) is 24.3 Å². The highest BCUT2D eigenvalue weighted by atomic mass is 32.2. The first-order chi connectivity index (χ1) is 16.9. The fourth-order valence-corrected chi connectivity index (χ4v) is 6.18. The first-order valence-electron chi connectivity index (χ1n) is 11.8. The summed E-state index contributed by atoms with van der Waals surface area (Å²) in [6.07, 6.45) is 3.23. The van der Waals surface area contributed by atoms with Crippen LogP contribution >= 0.6 is 0 Å². The summed E-state index contributed by atoms with van der Waals surface area (Å²) in [5, 5.41) is 11.2. The van der Waals surface area contributed by atoms with E-state index >= 15 is 0 Å². The van der Waals surface area contributed by atoms with E-state index in [-0.39, 0.29) is 21.8 Å². The molecule has 8 nitrogen and oxygen atoms in total. The number of likely N-dealkylation sites (tertiary alicyclic amines) is 1. The molecule has 1 atom stereocenters. The summed E-state index contributed by atoms with van der Waals surface area (Å²) in [5.74, 6) is -1.77. The number of aliphatic hydroxyl groups is 1. The molecule has 0 aliphatic carbocycles. The second kappa shape index (κ2) is 10.7. The Morgan fingerprint density at radius 1 is 1.00 bits per heavy atom. The lowest BCUT2D eigenvalue weighted by Crippen LogP contribution is -2.35. The van der Waals surface area contributed by atoms with Gasteiger partial charge in [-0.25, -0.2) is 8.42 Å². The predicted molar refractivity (Wildman–Crippen MR) is 131 cm³/mol. The zero-order valence-electron chi connectivity index (χ0n) is 19.7. The van der Waals surface area contributed by atoms with Gasteiger partial charge in [-0.2, -0.15) is 4.31 Å². The minimum Gasteiger partial charge on any atom is -0.507 e. The van der Waals surface area contributed by atoms with E-state index in [2.05, 4.69) is 0 Å². The van der Waals surface area contributed by atoms with Crippen LogP contribution in [0.2, 0.25) is 0 Å². The molecule has 2 heterocycles. The fourth-order valence-electron chi connectivity index (χ4n) is 4.67. The van der Waals surface area contributed by atoms with Gasteiger partial charge in [-0.05, 0) is 49.1 Å². The molecule has 0 unspecified atom stereocenters. The van der Waals surface area contributed by atoms with Crippen LogP contribution in [-0.4, -0.2) is 67.8 Å². The van der Waals surface area contributed by atoms with E-state index in [0.29, 0.717) is 38.2 Å². The molecule has 0 spiro atoms. The normalized spacial score (nSPS) is 20.9. The van der Waals surface area contributed by atoms with Gasteiger partial charge in [0.05, 0.1) is 16.5 Å². The highest BCUT2D eigenvalue weighted by molar-refractivity contribution is 7.89. The number of hydrogen-bond acceptors (Lipinski definition) is 6. The lowest BCUT2D eigenvalue weighted by molar-refractivity contribution is -0.140. The summed E-state index contributed by atoms with van der Waals surface area (Å²) in [6, 6.07) is 14.2. The van der Waals surface area contributed by atoms with Crippen LogP contribution in [0.25, 0.3) is 5.76 Å². The van der Waals surface area contributed by atoms with Gasteiger partial charge in [0.15, 0.2) is 0 Å². The highest BCUT2D eigenvalue weighted by Gasteiger charge is 2.45. The second-order valence-electron chi connectivity index (χ2n) is 8.74. The molecule has 0 aromatic heterocycles. The van der Waals surface area contributed by atoms with Gasteiger partial charge in [0.1, 0.15) is 5.76 Å². The van der Waals surface area contributed by atoms with E-state index in [1.807, 2.05) is 18.2 Å². The molecular formula is C26H30N2O6S. The molecule has 1 amide bonds. The number of methoxy groups -OCH3 is 1. The number of Topliss-reactive ketones (excluding diaryl/α,β-unsaturated/α-hetero) is 1. The number of ketones is 1. The molecular weight excluding hydrogens is 468 g/mol. The van der Waals surface area contributed by atoms with Gasteiger partial charge in [-0.3, -0.25) is 9.59 Å². The minimum absolute atomic E-state index is 0.00902. The molecule has 2 aliphatic rings. The molecule has 4 rings (SSSR count). The Kier molecular flexibility index (Phi) is 7.69. The smallest absolute Gasteiger partial charge is 0.295 e. The number of rotatable bonds is 8. The molecule has 9 heteroatoms. The lowest BCUT2D eigenvalue weighted by Gasteiger charge is -2.26. The summed E-state index contributed by atoms with van der Waals surface area (Å²) >= 11 is 0. The van der Waals surface area contributed by atoms with Gasteiger partial charge in [0, 0.05) is 38.9 Å². The molecule has 186 valence electrons. The van der Waals surface area contributed by atoms with Crippen LogP contribution in [0.1, 0.15) is 42.9 Å². The van der Waals surface area contributed by atoms with Gasteiger partial charge < -0.3 is 14.7 Å². The Morgan fingerprint density at radius 3 is 2.29 bits per heavy atom. The average Bonchev–Trinajstić information content (AvgIpc) is 3.14. The van der Waals surface area contributed by atoms with Crippen molar-refractivity contribution in [1.29, 1.82) is 0 Å². The molecule has 2 aliphatic heterocycles. The first-order valence-corrected chi connectivity index (χ1v) is 13.2. The van der Waals surface area contributed by atoms with Crippen molar-refractivity contribution in [2.45, 2.75) is 36.6 Å². The number of ether oxygens (including phenoxy) is 1. The molecule has 2 aromatic rings. The Morgan fingerprint density at radius 2 is 1.66 bits per heavy atom. The molecule has 2 aromatic carbocycles. The summed E-state index contributed by atoms with van der Waals surface area (Å²) in [4.78, 5) is 27.5. The molecule has 2 saturated heterocycles. The van der Waals surface area contributed by atoms with Crippen molar-refractivity contribution < 1.29 is 27.9 Å². The van der Waals surface area contributed by atoms with Crippen molar-refractivity contribution in [1.82, 2.24) is 9.21 Å². The van der Waals surface area contributed by atoms with Crippen LogP contribution in [0.4, 0.5) is 0 Å². The maximum atomic E-state index is 13.0. The van der Waals surface area contributed by atoms with E-state index in [9.17, 15) is 23.1 Å². The van der Waals surface area contributed by atoms with Crippen LogP contribution < -0.4 is 0 Å². The molecule has 0 saturated carbocycles. The van der Waals surface area contributed by atoms with E-state index in [1.165, 1.54) is 33.5 Å². The quantitative estimate of drug-likeness (QED) is 0.259. The Bertz CT molecular complexity index is 1200.